The summed E-state index contributed by atoms with van der Waals surface area (Å²) in [4.78, 5) is 14.1. The minimum Gasteiger partial charge on any atom is -0.371 e. The number of hydrogen-bond donors (Lipinski definition) is 0. The lowest BCUT2D eigenvalue weighted by molar-refractivity contribution is 0.0988. The summed E-state index contributed by atoms with van der Waals surface area (Å²) >= 11 is 0. The van der Waals surface area contributed by atoms with E-state index in [2.05, 4.69) is 30.9 Å². The first kappa shape index (κ1) is 14.1. The molecule has 1 aromatic rings. The summed E-state index contributed by atoms with van der Waals surface area (Å²) in [6, 6.07) is 8.15. The van der Waals surface area contributed by atoms with E-state index in [1.807, 2.05) is 19.1 Å². The summed E-state index contributed by atoms with van der Waals surface area (Å²) in [7, 11) is 0. The van der Waals surface area contributed by atoms with Gasteiger partial charge in [-0.2, -0.15) is 0 Å². The molecule has 104 valence electrons. The molecule has 1 fully saturated rings. The van der Waals surface area contributed by atoms with Gasteiger partial charge in [0.15, 0.2) is 5.78 Å². The smallest absolute Gasteiger partial charge is 0.162 e. The van der Waals surface area contributed by atoms with Gasteiger partial charge in [-0.3, -0.25) is 4.79 Å². The van der Waals surface area contributed by atoms with Gasteiger partial charge in [-0.05, 0) is 48.9 Å². The number of ketones is 1. The van der Waals surface area contributed by atoms with Gasteiger partial charge in [0.2, 0.25) is 0 Å². The molecule has 0 unspecified atom stereocenters. The lowest BCUT2D eigenvalue weighted by Gasteiger charge is -2.27. The number of anilines is 1. The monoisotopic (exact) mass is 259 g/mol. The van der Waals surface area contributed by atoms with E-state index in [9.17, 15) is 4.79 Å². The van der Waals surface area contributed by atoms with Crippen LogP contribution in [0.2, 0.25) is 0 Å². The molecule has 0 N–H and O–H groups in total. The molecule has 0 aromatic heterocycles. The number of benzene rings is 1. The summed E-state index contributed by atoms with van der Waals surface area (Å²) in [6.45, 7) is 8.81. The number of carbonyl (C=O) groups is 1. The first-order valence-electron chi connectivity index (χ1n) is 7.52. The third-order valence-corrected chi connectivity index (χ3v) is 4.81. The molecule has 1 aromatic carbocycles. The van der Waals surface area contributed by atoms with E-state index >= 15 is 0 Å². The fourth-order valence-electron chi connectivity index (χ4n) is 3.04. The molecular weight excluding hydrogens is 234 g/mol. The minimum absolute atomic E-state index is 0.226. The second kappa shape index (κ2) is 5.77. The van der Waals surface area contributed by atoms with Crippen LogP contribution in [0.15, 0.2) is 24.3 Å². The maximum atomic E-state index is 11.6. The molecule has 0 bridgehead atoms. The molecule has 1 saturated heterocycles. The summed E-state index contributed by atoms with van der Waals surface area (Å²) < 4.78 is 0. The van der Waals surface area contributed by atoms with Crippen molar-refractivity contribution in [1.29, 1.82) is 0 Å². The van der Waals surface area contributed by atoms with Crippen LogP contribution >= 0.6 is 0 Å². The van der Waals surface area contributed by atoms with Crippen LogP contribution < -0.4 is 4.90 Å². The van der Waals surface area contributed by atoms with Crippen LogP contribution in [0.5, 0.6) is 0 Å². The van der Waals surface area contributed by atoms with Crippen molar-refractivity contribution >= 4 is 11.5 Å². The molecule has 2 rings (SSSR count). The highest BCUT2D eigenvalue weighted by atomic mass is 16.1. The van der Waals surface area contributed by atoms with Crippen LogP contribution in [0.4, 0.5) is 5.69 Å². The van der Waals surface area contributed by atoms with Gasteiger partial charge in [0.05, 0.1) is 0 Å². The zero-order chi connectivity index (χ0) is 13.9. The fourth-order valence-corrected chi connectivity index (χ4v) is 3.04. The van der Waals surface area contributed by atoms with Gasteiger partial charge in [0, 0.05) is 30.8 Å². The molecule has 0 atom stereocenters. The lowest BCUT2D eigenvalue weighted by atomic mass is 9.82. The molecule has 0 saturated carbocycles. The van der Waals surface area contributed by atoms with Crippen molar-refractivity contribution in [3.8, 4) is 0 Å². The first-order valence-corrected chi connectivity index (χ1v) is 7.52. The van der Waals surface area contributed by atoms with Gasteiger partial charge in [0.1, 0.15) is 0 Å². The Kier molecular flexibility index (Phi) is 4.28. The van der Waals surface area contributed by atoms with E-state index in [1.165, 1.54) is 24.9 Å². The highest BCUT2D eigenvalue weighted by Crippen LogP contribution is 2.38. The number of nitrogens with zero attached hydrogens (tertiary/aromatic N) is 1. The van der Waals surface area contributed by atoms with E-state index in [4.69, 9.17) is 0 Å². The molecule has 1 aliphatic rings. The van der Waals surface area contributed by atoms with Gasteiger partial charge >= 0.3 is 0 Å². The lowest BCUT2D eigenvalue weighted by Crippen LogP contribution is -2.26. The molecule has 1 aliphatic heterocycles. The van der Waals surface area contributed by atoms with Crippen molar-refractivity contribution in [2.75, 3.05) is 18.0 Å². The Bertz CT molecular complexity index is 431. The Morgan fingerprint density at radius 3 is 2.26 bits per heavy atom. The predicted molar refractivity (Wildman–Crippen MR) is 80.9 cm³/mol. The summed E-state index contributed by atoms with van der Waals surface area (Å²) in [5.74, 6) is 0.226. The molecular formula is C17H25NO. The van der Waals surface area contributed by atoms with Crippen LogP contribution in [-0.4, -0.2) is 18.9 Å². The van der Waals surface area contributed by atoms with Gasteiger partial charge in [-0.15, -0.1) is 0 Å². The van der Waals surface area contributed by atoms with Crippen LogP contribution in [0.25, 0.3) is 0 Å². The zero-order valence-corrected chi connectivity index (χ0v) is 12.4. The largest absolute Gasteiger partial charge is 0.371 e. The summed E-state index contributed by atoms with van der Waals surface area (Å²) in [5.41, 5.74) is 2.59. The Labute approximate surface area is 116 Å². The number of hydrogen-bond acceptors (Lipinski definition) is 2. The van der Waals surface area contributed by atoms with Crippen molar-refractivity contribution in [2.24, 2.45) is 5.41 Å². The zero-order valence-electron chi connectivity index (χ0n) is 12.4. The van der Waals surface area contributed by atoms with Crippen LogP contribution in [0, 0.1) is 5.41 Å². The molecule has 0 radical (unpaired) electrons. The Morgan fingerprint density at radius 1 is 1.16 bits per heavy atom. The SMILES string of the molecule is CCC(=O)c1ccc(N2CCC(CC)(CC)C2)cc1. The van der Waals surface area contributed by atoms with Gasteiger partial charge in [-0.1, -0.05) is 20.8 Å². The van der Waals surface area contributed by atoms with Gasteiger partial charge in [-0.25, -0.2) is 0 Å². The standard InChI is InChI=1S/C17H25NO/c1-4-16(19)14-7-9-15(10-8-14)18-12-11-17(5-2,6-3)13-18/h7-10H,4-6,11-13H2,1-3H3. The van der Waals surface area contributed by atoms with E-state index in [-0.39, 0.29) is 5.78 Å². The second-order valence-electron chi connectivity index (χ2n) is 5.70. The third-order valence-electron chi connectivity index (χ3n) is 4.81. The molecule has 2 heteroatoms. The van der Waals surface area contributed by atoms with E-state index in [0.717, 1.165) is 18.7 Å². The quantitative estimate of drug-likeness (QED) is 0.735. The van der Waals surface area contributed by atoms with Crippen LogP contribution in [0.3, 0.4) is 0 Å². The maximum absolute atomic E-state index is 11.6. The highest BCUT2D eigenvalue weighted by molar-refractivity contribution is 5.96. The average Bonchev–Trinajstić information content (AvgIpc) is 2.92. The minimum atomic E-state index is 0.226. The molecule has 1 heterocycles. The molecule has 2 nitrogen and oxygen atoms in total. The summed E-state index contributed by atoms with van der Waals surface area (Å²) in [6.07, 6.45) is 4.38. The van der Waals surface area contributed by atoms with Gasteiger partial charge < -0.3 is 4.90 Å². The van der Waals surface area contributed by atoms with Crippen molar-refractivity contribution in [2.45, 2.75) is 46.5 Å². The number of rotatable bonds is 5. The normalized spacial score (nSPS) is 17.7. The molecule has 0 spiro atoms. The highest BCUT2D eigenvalue weighted by Gasteiger charge is 2.34. The topological polar surface area (TPSA) is 20.3 Å². The van der Waals surface area contributed by atoms with Crippen LogP contribution in [0.1, 0.15) is 56.8 Å². The van der Waals surface area contributed by atoms with Crippen molar-refractivity contribution < 1.29 is 4.79 Å². The Hall–Kier alpha value is -1.31. The first-order chi connectivity index (χ1) is 9.14. The second-order valence-corrected chi connectivity index (χ2v) is 5.70. The van der Waals surface area contributed by atoms with E-state index in [0.29, 0.717) is 11.8 Å². The fraction of sp³-hybridized carbons (Fsp3) is 0.588. The molecule has 19 heavy (non-hydrogen) atoms. The average molecular weight is 259 g/mol. The van der Waals surface area contributed by atoms with Crippen molar-refractivity contribution in [3.63, 3.8) is 0 Å². The number of carbonyl (C=O) groups excluding carboxylic acids is 1. The van der Waals surface area contributed by atoms with Crippen molar-refractivity contribution in [1.82, 2.24) is 0 Å². The van der Waals surface area contributed by atoms with Crippen LogP contribution in [-0.2, 0) is 0 Å². The van der Waals surface area contributed by atoms with Gasteiger partial charge in [0.25, 0.3) is 0 Å². The Morgan fingerprint density at radius 2 is 1.79 bits per heavy atom. The summed E-state index contributed by atoms with van der Waals surface area (Å²) in [5, 5.41) is 0. The molecule has 0 aliphatic carbocycles. The predicted octanol–water partition coefficient (Wildman–Crippen LogP) is 4.30. The third kappa shape index (κ3) is 2.83. The van der Waals surface area contributed by atoms with E-state index < -0.39 is 0 Å². The maximum Gasteiger partial charge on any atom is 0.162 e. The van der Waals surface area contributed by atoms with Crippen molar-refractivity contribution in [3.05, 3.63) is 29.8 Å². The number of Topliss-reactive ketones (excluding diaryl/α,β-unsaturated/α-hetero) is 1. The Balaban J connectivity index is 2.10. The molecule has 0 amide bonds. The van der Waals surface area contributed by atoms with E-state index in [1.54, 1.807) is 0 Å².